The molecule has 0 amide bonds. The maximum Gasteiger partial charge on any atom is 0.170 e. The minimum atomic E-state index is -0.0256. The van der Waals surface area contributed by atoms with E-state index in [2.05, 4.69) is 11.1 Å². The molecular weight excluding hydrogens is 222 g/mol. The Kier molecular flexibility index (Phi) is 2.93. The highest BCUT2D eigenvalue weighted by molar-refractivity contribution is 6.02. The number of aromatic nitrogens is 1. The topological polar surface area (TPSA) is 30.0 Å². The van der Waals surface area contributed by atoms with Gasteiger partial charge in [-0.25, -0.2) is 0 Å². The Labute approximate surface area is 107 Å². The van der Waals surface area contributed by atoms with Gasteiger partial charge < -0.3 is 0 Å². The van der Waals surface area contributed by atoms with E-state index < -0.39 is 0 Å². The van der Waals surface area contributed by atoms with Crippen molar-refractivity contribution in [3.8, 4) is 0 Å². The molecule has 1 atom stereocenters. The van der Waals surface area contributed by atoms with Gasteiger partial charge in [0.25, 0.3) is 0 Å². The van der Waals surface area contributed by atoms with Gasteiger partial charge in [-0.1, -0.05) is 30.3 Å². The van der Waals surface area contributed by atoms with Gasteiger partial charge in [0.05, 0.1) is 0 Å². The van der Waals surface area contributed by atoms with Gasteiger partial charge in [-0.05, 0) is 36.5 Å². The Morgan fingerprint density at radius 2 is 2.00 bits per heavy atom. The third-order valence-electron chi connectivity index (χ3n) is 3.63. The lowest BCUT2D eigenvalue weighted by atomic mass is 9.90. The van der Waals surface area contributed by atoms with Crippen LogP contribution >= 0.6 is 0 Å². The molecule has 90 valence electrons. The largest absolute Gasteiger partial charge is 0.293 e. The molecule has 2 aromatic rings. The van der Waals surface area contributed by atoms with E-state index >= 15 is 0 Å². The number of fused-ring (bicyclic) bond motifs is 1. The van der Waals surface area contributed by atoms with Crippen molar-refractivity contribution in [1.82, 2.24) is 4.98 Å². The summed E-state index contributed by atoms with van der Waals surface area (Å²) in [6, 6.07) is 11.9. The Balaban J connectivity index is 2.02. The standard InChI is InChI=1S/C16H15NO/c18-16-14-8-2-1-5-12(14)6-3-9-15(16)13-7-4-10-17-11-13/h1-2,4-5,7-8,10-11,15H,3,6,9H2/t15-/m0/s1. The number of hydrogen-bond acceptors (Lipinski definition) is 2. The summed E-state index contributed by atoms with van der Waals surface area (Å²) in [4.78, 5) is 16.7. The number of Topliss-reactive ketones (excluding diaryl/α,β-unsaturated/α-hetero) is 1. The van der Waals surface area contributed by atoms with Gasteiger partial charge in [-0.3, -0.25) is 9.78 Å². The van der Waals surface area contributed by atoms with Crippen molar-refractivity contribution in [2.75, 3.05) is 0 Å². The molecule has 2 heteroatoms. The highest BCUT2D eigenvalue weighted by Crippen LogP contribution is 2.31. The number of ketones is 1. The Bertz CT molecular complexity index is 562. The molecule has 1 heterocycles. The molecule has 18 heavy (non-hydrogen) atoms. The highest BCUT2D eigenvalue weighted by atomic mass is 16.1. The van der Waals surface area contributed by atoms with Gasteiger partial charge in [-0.2, -0.15) is 0 Å². The number of carbonyl (C=O) groups excluding carboxylic acids is 1. The van der Waals surface area contributed by atoms with Crippen molar-refractivity contribution >= 4 is 5.78 Å². The first kappa shape index (κ1) is 11.1. The Morgan fingerprint density at radius 3 is 2.83 bits per heavy atom. The van der Waals surface area contributed by atoms with Crippen molar-refractivity contribution in [2.24, 2.45) is 0 Å². The van der Waals surface area contributed by atoms with Gasteiger partial charge in [0, 0.05) is 23.9 Å². The van der Waals surface area contributed by atoms with Gasteiger partial charge >= 0.3 is 0 Å². The predicted molar refractivity (Wildman–Crippen MR) is 70.7 cm³/mol. The van der Waals surface area contributed by atoms with E-state index in [4.69, 9.17) is 0 Å². The van der Waals surface area contributed by atoms with Crippen molar-refractivity contribution in [3.63, 3.8) is 0 Å². The molecule has 0 spiro atoms. The van der Waals surface area contributed by atoms with Crippen LogP contribution in [0.1, 0.15) is 40.2 Å². The zero-order chi connectivity index (χ0) is 12.4. The first-order valence-corrected chi connectivity index (χ1v) is 6.38. The van der Waals surface area contributed by atoms with E-state index in [1.165, 1.54) is 5.56 Å². The van der Waals surface area contributed by atoms with Crippen LogP contribution < -0.4 is 0 Å². The van der Waals surface area contributed by atoms with Crippen LogP contribution in [0, 0.1) is 0 Å². The molecular formula is C16H15NO. The van der Waals surface area contributed by atoms with Crippen LogP contribution in [0.2, 0.25) is 0 Å². The van der Waals surface area contributed by atoms with E-state index in [1.807, 2.05) is 36.5 Å². The molecule has 1 aliphatic rings. The Hall–Kier alpha value is -1.96. The average molecular weight is 237 g/mol. The second-order valence-corrected chi connectivity index (χ2v) is 4.75. The summed E-state index contributed by atoms with van der Waals surface area (Å²) < 4.78 is 0. The molecule has 1 aromatic heterocycles. The molecule has 0 bridgehead atoms. The molecule has 1 aromatic carbocycles. The van der Waals surface area contributed by atoms with Crippen molar-refractivity contribution in [2.45, 2.75) is 25.2 Å². The smallest absolute Gasteiger partial charge is 0.170 e. The third-order valence-corrected chi connectivity index (χ3v) is 3.63. The van der Waals surface area contributed by atoms with Gasteiger partial charge in [-0.15, -0.1) is 0 Å². The lowest BCUT2D eigenvalue weighted by Crippen LogP contribution is -2.12. The molecule has 0 aliphatic heterocycles. The summed E-state index contributed by atoms with van der Waals surface area (Å²) >= 11 is 0. The molecule has 0 saturated heterocycles. The fourth-order valence-electron chi connectivity index (χ4n) is 2.69. The van der Waals surface area contributed by atoms with Gasteiger partial charge in [0.15, 0.2) is 5.78 Å². The van der Waals surface area contributed by atoms with E-state index in [-0.39, 0.29) is 11.7 Å². The summed E-state index contributed by atoms with van der Waals surface area (Å²) in [6.45, 7) is 0. The van der Waals surface area contributed by atoms with Crippen LogP contribution in [-0.4, -0.2) is 10.8 Å². The van der Waals surface area contributed by atoms with Crippen molar-refractivity contribution in [1.29, 1.82) is 0 Å². The normalized spacial score (nSPS) is 19.1. The number of aryl methyl sites for hydroxylation is 1. The Morgan fingerprint density at radius 1 is 1.11 bits per heavy atom. The van der Waals surface area contributed by atoms with Crippen molar-refractivity contribution in [3.05, 3.63) is 65.5 Å². The summed E-state index contributed by atoms with van der Waals surface area (Å²) in [7, 11) is 0. The second kappa shape index (κ2) is 4.73. The minimum absolute atomic E-state index is 0.0256. The van der Waals surface area contributed by atoms with Crippen LogP contribution in [0.4, 0.5) is 0 Å². The fourth-order valence-corrected chi connectivity index (χ4v) is 2.69. The van der Waals surface area contributed by atoms with E-state index in [0.717, 1.165) is 30.4 Å². The number of pyridine rings is 1. The van der Waals surface area contributed by atoms with Crippen LogP contribution in [-0.2, 0) is 6.42 Å². The van der Waals surface area contributed by atoms with Crippen LogP contribution in [0.3, 0.4) is 0 Å². The number of rotatable bonds is 1. The zero-order valence-electron chi connectivity index (χ0n) is 10.2. The van der Waals surface area contributed by atoms with E-state index in [0.29, 0.717) is 0 Å². The first-order chi connectivity index (χ1) is 8.86. The molecule has 1 aliphatic carbocycles. The quantitative estimate of drug-likeness (QED) is 0.712. The highest BCUT2D eigenvalue weighted by Gasteiger charge is 2.26. The average Bonchev–Trinajstić information content (AvgIpc) is 2.60. The molecule has 0 N–H and O–H groups in total. The van der Waals surface area contributed by atoms with Gasteiger partial charge in [0.1, 0.15) is 0 Å². The van der Waals surface area contributed by atoms with Crippen LogP contribution in [0.5, 0.6) is 0 Å². The molecule has 0 unspecified atom stereocenters. The van der Waals surface area contributed by atoms with Crippen molar-refractivity contribution < 1.29 is 4.79 Å². The van der Waals surface area contributed by atoms with E-state index in [1.54, 1.807) is 6.20 Å². The second-order valence-electron chi connectivity index (χ2n) is 4.75. The maximum absolute atomic E-state index is 12.6. The van der Waals surface area contributed by atoms with Crippen LogP contribution in [0.25, 0.3) is 0 Å². The summed E-state index contributed by atoms with van der Waals surface area (Å²) in [5.41, 5.74) is 3.12. The summed E-state index contributed by atoms with van der Waals surface area (Å²) in [5.74, 6) is 0.221. The lowest BCUT2D eigenvalue weighted by molar-refractivity contribution is 0.0957. The molecule has 0 fully saturated rings. The maximum atomic E-state index is 12.6. The zero-order valence-corrected chi connectivity index (χ0v) is 10.2. The predicted octanol–water partition coefficient (Wildman–Crippen LogP) is 3.38. The first-order valence-electron chi connectivity index (χ1n) is 6.38. The molecule has 2 nitrogen and oxygen atoms in total. The molecule has 3 rings (SSSR count). The fraction of sp³-hybridized carbons (Fsp3) is 0.250. The summed E-state index contributed by atoms with van der Waals surface area (Å²) in [5, 5.41) is 0. The summed E-state index contributed by atoms with van der Waals surface area (Å²) in [6.07, 6.45) is 6.54. The number of benzene rings is 1. The number of carbonyl (C=O) groups is 1. The molecule has 0 saturated carbocycles. The number of hydrogen-bond donors (Lipinski definition) is 0. The minimum Gasteiger partial charge on any atom is -0.293 e. The van der Waals surface area contributed by atoms with Crippen LogP contribution in [0.15, 0.2) is 48.8 Å². The number of nitrogens with zero attached hydrogens (tertiary/aromatic N) is 1. The third kappa shape index (κ3) is 1.94. The van der Waals surface area contributed by atoms with E-state index in [9.17, 15) is 4.79 Å². The monoisotopic (exact) mass is 237 g/mol. The molecule has 0 radical (unpaired) electrons. The SMILES string of the molecule is O=C1c2ccccc2CCC[C@H]1c1cccnc1. The van der Waals surface area contributed by atoms with Gasteiger partial charge in [0.2, 0.25) is 0 Å². The lowest BCUT2D eigenvalue weighted by Gasteiger charge is -2.13.